The predicted molar refractivity (Wildman–Crippen MR) is 92.7 cm³/mol. The van der Waals surface area contributed by atoms with Gasteiger partial charge in [0, 0.05) is 39.3 Å². The van der Waals surface area contributed by atoms with Crippen LogP contribution in [0.15, 0.2) is 58.5 Å². The molecule has 0 radical (unpaired) electrons. The van der Waals surface area contributed by atoms with Crippen molar-refractivity contribution < 1.29 is 0 Å². The third-order valence-electron chi connectivity index (χ3n) is 3.59. The first-order chi connectivity index (χ1) is 10.6. The van der Waals surface area contributed by atoms with Crippen molar-refractivity contribution in [3.63, 3.8) is 0 Å². The Bertz CT molecular complexity index is 692. The van der Waals surface area contributed by atoms with Crippen LogP contribution in [0.3, 0.4) is 0 Å². The molecule has 0 amide bonds. The average molecular weight is 292 g/mol. The van der Waals surface area contributed by atoms with Crippen molar-refractivity contribution in [2.45, 2.75) is 0 Å². The Kier molecular flexibility index (Phi) is 3.67. The fourth-order valence-electron chi connectivity index (χ4n) is 2.55. The van der Waals surface area contributed by atoms with Crippen LogP contribution in [0.25, 0.3) is 0 Å². The molecular weight excluding hydrogens is 272 g/mol. The fraction of sp³-hybridized carbons (Fsp3) is 0.222. The summed E-state index contributed by atoms with van der Waals surface area (Å²) >= 11 is 0. The molecule has 22 heavy (non-hydrogen) atoms. The first kappa shape index (κ1) is 14.3. The molecule has 1 aliphatic heterocycles. The molecule has 2 aromatic carbocycles. The quantitative estimate of drug-likeness (QED) is 0.746. The van der Waals surface area contributed by atoms with Gasteiger partial charge in [-0.2, -0.15) is 0 Å². The van der Waals surface area contributed by atoms with Crippen molar-refractivity contribution in [1.82, 2.24) is 9.80 Å². The molecule has 2 aromatic rings. The van der Waals surface area contributed by atoms with Gasteiger partial charge in [0.15, 0.2) is 0 Å². The van der Waals surface area contributed by atoms with E-state index in [2.05, 4.69) is 12.1 Å². The summed E-state index contributed by atoms with van der Waals surface area (Å²) in [4.78, 5) is 13.9. The second kappa shape index (κ2) is 5.64. The Morgan fingerprint density at radius 3 is 1.32 bits per heavy atom. The van der Waals surface area contributed by atoms with E-state index in [0.29, 0.717) is 0 Å². The summed E-state index contributed by atoms with van der Waals surface area (Å²) < 4.78 is 0. The van der Waals surface area contributed by atoms with Crippen LogP contribution in [-0.4, -0.2) is 49.7 Å². The van der Waals surface area contributed by atoms with E-state index in [1.165, 1.54) is 0 Å². The highest BCUT2D eigenvalue weighted by Gasteiger charge is 2.19. The number of benzene rings is 2. The van der Waals surface area contributed by atoms with E-state index in [1.54, 1.807) is 0 Å². The minimum absolute atomic E-state index is 0.921. The normalized spacial score (nSPS) is 13.1. The van der Waals surface area contributed by atoms with Gasteiger partial charge in [-0.15, -0.1) is 0 Å². The van der Waals surface area contributed by atoms with Gasteiger partial charge < -0.3 is 9.80 Å². The van der Waals surface area contributed by atoms with Crippen LogP contribution in [-0.2, 0) is 0 Å². The van der Waals surface area contributed by atoms with Crippen molar-refractivity contribution in [1.29, 1.82) is 0 Å². The van der Waals surface area contributed by atoms with Gasteiger partial charge in [-0.3, -0.25) is 0 Å². The van der Waals surface area contributed by atoms with Crippen molar-refractivity contribution in [3.05, 3.63) is 59.7 Å². The Morgan fingerprint density at radius 1 is 0.591 bits per heavy atom. The van der Waals surface area contributed by atoms with Crippen molar-refractivity contribution in [3.8, 4) is 0 Å². The van der Waals surface area contributed by atoms with Gasteiger partial charge in [-0.25, -0.2) is 9.98 Å². The molecule has 0 N–H and O–H groups in total. The highest BCUT2D eigenvalue weighted by atomic mass is 15.2. The highest BCUT2D eigenvalue weighted by molar-refractivity contribution is 6.11. The molecule has 0 aliphatic carbocycles. The highest BCUT2D eigenvalue weighted by Crippen LogP contribution is 2.30. The van der Waals surface area contributed by atoms with Gasteiger partial charge >= 0.3 is 0 Å². The second-order valence-corrected chi connectivity index (χ2v) is 5.69. The first-order valence-electron chi connectivity index (χ1n) is 7.29. The molecule has 0 aromatic heterocycles. The van der Waals surface area contributed by atoms with E-state index in [-0.39, 0.29) is 0 Å². The number of nitrogens with zero attached hydrogens (tertiary/aromatic N) is 4. The van der Waals surface area contributed by atoms with Gasteiger partial charge in [0.25, 0.3) is 0 Å². The topological polar surface area (TPSA) is 31.2 Å². The van der Waals surface area contributed by atoms with Gasteiger partial charge in [0.05, 0.1) is 11.4 Å². The summed E-state index contributed by atoms with van der Waals surface area (Å²) in [5.74, 6) is 1.84. The minimum atomic E-state index is 0.921. The van der Waals surface area contributed by atoms with Crippen LogP contribution in [0.5, 0.6) is 0 Å². The van der Waals surface area contributed by atoms with Crippen LogP contribution in [0.2, 0.25) is 0 Å². The molecule has 0 bridgehead atoms. The Hall–Kier alpha value is -2.62. The molecular formula is C18H20N4. The van der Waals surface area contributed by atoms with E-state index in [1.807, 2.05) is 74.4 Å². The third-order valence-corrected chi connectivity index (χ3v) is 3.59. The summed E-state index contributed by atoms with van der Waals surface area (Å²) in [5, 5.41) is 0. The van der Waals surface area contributed by atoms with Crippen molar-refractivity contribution in [2.75, 3.05) is 28.2 Å². The van der Waals surface area contributed by atoms with Crippen LogP contribution < -0.4 is 0 Å². The lowest BCUT2D eigenvalue weighted by Crippen LogP contribution is -2.27. The van der Waals surface area contributed by atoms with Gasteiger partial charge in [0.1, 0.15) is 11.7 Å². The molecule has 0 saturated heterocycles. The van der Waals surface area contributed by atoms with E-state index >= 15 is 0 Å². The lowest BCUT2D eigenvalue weighted by molar-refractivity contribution is 0.619. The number of hydrogen-bond donors (Lipinski definition) is 0. The zero-order valence-electron chi connectivity index (χ0n) is 13.4. The second-order valence-electron chi connectivity index (χ2n) is 5.69. The summed E-state index contributed by atoms with van der Waals surface area (Å²) in [5.41, 5.74) is 3.96. The molecule has 4 heteroatoms. The molecule has 112 valence electrons. The van der Waals surface area contributed by atoms with Gasteiger partial charge in [-0.1, -0.05) is 24.3 Å². The molecule has 4 nitrogen and oxygen atoms in total. The van der Waals surface area contributed by atoms with Crippen LogP contribution in [0, 0.1) is 0 Å². The van der Waals surface area contributed by atoms with Crippen LogP contribution in [0.1, 0.15) is 11.1 Å². The molecule has 0 fully saturated rings. The lowest BCUT2D eigenvalue weighted by Gasteiger charge is -2.23. The summed E-state index contributed by atoms with van der Waals surface area (Å²) in [6.07, 6.45) is 0. The van der Waals surface area contributed by atoms with Crippen molar-refractivity contribution >= 4 is 23.0 Å². The molecule has 1 heterocycles. The fourth-order valence-corrected chi connectivity index (χ4v) is 2.55. The Labute approximate surface area is 131 Å². The van der Waals surface area contributed by atoms with Gasteiger partial charge in [-0.05, 0) is 24.3 Å². The summed E-state index contributed by atoms with van der Waals surface area (Å²) in [6, 6.07) is 16.3. The molecule has 0 saturated carbocycles. The maximum absolute atomic E-state index is 4.91. The van der Waals surface area contributed by atoms with Crippen LogP contribution in [0.4, 0.5) is 11.4 Å². The van der Waals surface area contributed by atoms with E-state index < -0.39 is 0 Å². The maximum atomic E-state index is 4.91. The molecule has 3 rings (SSSR count). The Morgan fingerprint density at radius 2 is 0.955 bits per heavy atom. The number of rotatable bonds is 0. The smallest absolute Gasteiger partial charge is 0.138 e. The first-order valence-corrected chi connectivity index (χ1v) is 7.29. The number of amidine groups is 2. The number of aliphatic imine (C=N–C) groups is 2. The summed E-state index contributed by atoms with van der Waals surface area (Å²) in [6.45, 7) is 0. The monoisotopic (exact) mass is 292 g/mol. The van der Waals surface area contributed by atoms with Crippen LogP contribution >= 0.6 is 0 Å². The Balaban J connectivity index is 2.34. The number of hydrogen-bond acceptors (Lipinski definition) is 4. The zero-order valence-corrected chi connectivity index (χ0v) is 13.4. The van der Waals surface area contributed by atoms with E-state index in [0.717, 1.165) is 34.2 Å². The largest absolute Gasteiger partial charge is 0.362 e. The maximum Gasteiger partial charge on any atom is 0.138 e. The van der Waals surface area contributed by atoms with Crippen molar-refractivity contribution in [2.24, 2.45) is 9.98 Å². The van der Waals surface area contributed by atoms with E-state index in [9.17, 15) is 0 Å². The van der Waals surface area contributed by atoms with E-state index in [4.69, 9.17) is 9.98 Å². The lowest BCUT2D eigenvalue weighted by atomic mass is 10.1. The SMILES string of the molecule is CN(C)C1=Nc2ccccc2C(N(C)C)=Nc2ccccc21. The predicted octanol–water partition coefficient (Wildman–Crippen LogP) is 3.28. The standard InChI is InChI=1S/C18H20N4/c1-21(2)17-13-9-5-7-11-15(13)20-18(22(3)4)14-10-6-8-12-16(14)19-17/h5-12H,1-4H3. The number of para-hydroxylation sites is 2. The van der Waals surface area contributed by atoms with Gasteiger partial charge in [0.2, 0.25) is 0 Å². The number of fused-ring (bicyclic) bond motifs is 2. The molecule has 0 spiro atoms. The summed E-state index contributed by atoms with van der Waals surface area (Å²) in [7, 11) is 8.04. The molecule has 1 aliphatic rings. The third kappa shape index (κ3) is 2.48. The average Bonchev–Trinajstić information content (AvgIpc) is 2.48. The zero-order chi connectivity index (χ0) is 15.7. The molecule has 0 atom stereocenters. The molecule has 0 unspecified atom stereocenters. The minimum Gasteiger partial charge on any atom is -0.362 e.